The van der Waals surface area contributed by atoms with Gasteiger partial charge in [0.25, 0.3) is 5.91 Å². The Morgan fingerprint density at radius 1 is 0.963 bits per heavy atom. The number of aryl methyl sites for hydroxylation is 1. The van der Waals surface area contributed by atoms with Crippen LogP contribution in [-0.4, -0.2) is 5.91 Å². The maximum atomic E-state index is 12.8. The van der Waals surface area contributed by atoms with Crippen LogP contribution < -0.4 is 5.32 Å². The summed E-state index contributed by atoms with van der Waals surface area (Å²) in [6.45, 7) is 2.47. The molecule has 0 saturated heterocycles. The molecule has 1 N–H and O–H groups in total. The van der Waals surface area contributed by atoms with Crippen molar-refractivity contribution in [2.75, 3.05) is 0 Å². The van der Waals surface area contributed by atoms with Crippen LogP contribution in [0.3, 0.4) is 0 Å². The van der Waals surface area contributed by atoms with E-state index in [0.29, 0.717) is 23.1 Å². The Balaban J connectivity index is 1.72. The third-order valence-electron chi connectivity index (χ3n) is 4.49. The third kappa shape index (κ3) is 3.60. The first-order valence-corrected chi connectivity index (χ1v) is 9.11. The minimum absolute atomic E-state index is 0.246. The fraction of sp³-hybridized carbons (Fsp3) is 0.0870. The van der Waals surface area contributed by atoms with Gasteiger partial charge in [-0.05, 0) is 30.7 Å². The summed E-state index contributed by atoms with van der Waals surface area (Å²) in [6, 6.07) is 23.2. The molecule has 1 amide bonds. The van der Waals surface area contributed by atoms with Crippen molar-refractivity contribution in [2.24, 2.45) is 0 Å². The number of hydrogen-bond acceptors (Lipinski definition) is 2. The lowest BCUT2D eigenvalue weighted by atomic mass is 10.1. The van der Waals surface area contributed by atoms with Gasteiger partial charge >= 0.3 is 0 Å². The maximum absolute atomic E-state index is 12.8. The van der Waals surface area contributed by atoms with Crippen LogP contribution in [0.25, 0.3) is 22.1 Å². The van der Waals surface area contributed by atoms with Gasteiger partial charge in [0, 0.05) is 27.9 Å². The van der Waals surface area contributed by atoms with Gasteiger partial charge < -0.3 is 9.73 Å². The Bertz CT molecular complexity index is 1100. The monoisotopic (exact) mass is 375 g/mol. The highest BCUT2D eigenvalue weighted by molar-refractivity contribution is 6.31. The lowest BCUT2D eigenvalue weighted by molar-refractivity contribution is 0.0926. The van der Waals surface area contributed by atoms with Crippen LogP contribution >= 0.6 is 11.6 Å². The molecule has 0 aliphatic heterocycles. The molecule has 3 nitrogen and oxygen atoms in total. The first kappa shape index (κ1) is 17.4. The van der Waals surface area contributed by atoms with E-state index in [-0.39, 0.29) is 5.91 Å². The second-order valence-corrected chi connectivity index (χ2v) is 6.92. The first-order valence-electron chi connectivity index (χ1n) is 8.73. The van der Waals surface area contributed by atoms with E-state index in [4.69, 9.17) is 16.0 Å². The first-order chi connectivity index (χ1) is 13.1. The van der Waals surface area contributed by atoms with E-state index in [1.165, 1.54) is 0 Å². The normalized spacial score (nSPS) is 10.9. The van der Waals surface area contributed by atoms with Gasteiger partial charge in [-0.1, -0.05) is 71.8 Å². The van der Waals surface area contributed by atoms with Crippen molar-refractivity contribution < 1.29 is 9.21 Å². The van der Waals surface area contributed by atoms with Gasteiger partial charge in [0.2, 0.25) is 0 Å². The van der Waals surface area contributed by atoms with Gasteiger partial charge in [0.15, 0.2) is 5.76 Å². The molecule has 27 heavy (non-hydrogen) atoms. The number of halogens is 1. The van der Waals surface area contributed by atoms with Gasteiger partial charge in [-0.15, -0.1) is 0 Å². The van der Waals surface area contributed by atoms with Crippen molar-refractivity contribution in [3.05, 3.63) is 94.7 Å². The topological polar surface area (TPSA) is 42.2 Å². The average Bonchev–Trinajstić information content (AvgIpc) is 3.06. The molecule has 1 heterocycles. The van der Waals surface area contributed by atoms with Crippen molar-refractivity contribution in [1.82, 2.24) is 5.32 Å². The minimum Gasteiger partial charge on any atom is -0.450 e. The van der Waals surface area contributed by atoms with Gasteiger partial charge in [-0.3, -0.25) is 4.79 Å². The lowest BCUT2D eigenvalue weighted by Gasteiger charge is -2.03. The van der Waals surface area contributed by atoms with Crippen LogP contribution in [0.15, 0.2) is 77.2 Å². The van der Waals surface area contributed by atoms with Crippen LogP contribution in [0.1, 0.15) is 21.7 Å². The SMILES string of the molecule is Cc1ccc(-c2oc(C(=O)NCc3ccccc3)c3ccc(Cl)cc23)cc1. The second kappa shape index (κ2) is 7.29. The van der Waals surface area contributed by atoms with Gasteiger partial charge in [0.05, 0.1) is 0 Å². The molecule has 0 unspecified atom stereocenters. The molecule has 3 aromatic carbocycles. The molecular formula is C23H18ClNO2. The highest BCUT2D eigenvalue weighted by atomic mass is 35.5. The zero-order valence-corrected chi connectivity index (χ0v) is 15.6. The van der Waals surface area contributed by atoms with Gasteiger partial charge in [-0.25, -0.2) is 0 Å². The number of hydrogen-bond donors (Lipinski definition) is 1. The summed E-state index contributed by atoms with van der Waals surface area (Å²) in [4.78, 5) is 12.8. The summed E-state index contributed by atoms with van der Waals surface area (Å²) >= 11 is 6.19. The van der Waals surface area contributed by atoms with Crippen molar-refractivity contribution in [3.63, 3.8) is 0 Å². The van der Waals surface area contributed by atoms with Crippen molar-refractivity contribution in [3.8, 4) is 11.3 Å². The predicted molar refractivity (Wildman–Crippen MR) is 109 cm³/mol. The molecule has 0 saturated carbocycles. The number of furan rings is 1. The zero-order valence-electron chi connectivity index (χ0n) is 14.8. The molecule has 4 aromatic rings. The second-order valence-electron chi connectivity index (χ2n) is 6.48. The highest BCUT2D eigenvalue weighted by Crippen LogP contribution is 2.35. The Kier molecular flexibility index (Phi) is 4.69. The molecule has 4 heteroatoms. The Morgan fingerprint density at radius 3 is 2.44 bits per heavy atom. The molecule has 4 rings (SSSR count). The smallest absolute Gasteiger partial charge is 0.287 e. The van der Waals surface area contributed by atoms with Gasteiger partial charge in [0.1, 0.15) is 5.76 Å². The van der Waals surface area contributed by atoms with Crippen molar-refractivity contribution >= 4 is 28.3 Å². The third-order valence-corrected chi connectivity index (χ3v) is 4.73. The fourth-order valence-corrected chi connectivity index (χ4v) is 3.23. The quantitative estimate of drug-likeness (QED) is 0.476. The summed E-state index contributed by atoms with van der Waals surface area (Å²) in [5.74, 6) is 0.704. The standard InChI is InChI=1S/C23H18ClNO2/c1-15-7-9-17(10-8-15)21-20-13-18(24)11-12-19(20)22(27-21)23(26)25-14-16-5-3-2-4-6-16/h2-13H,14H2,1H3,(H,25,26). The fourth-order valence-electron chi connectivity index (χ4n) is 3.06. The summed E-state index contributed by atoms with van der Waals surface area (Å²) in [6.07, 6.45) is 0. The number of benzene rings is 3. The summed E-state index contributed by atoms with van der Waals surface area (Å²) in [5, 5.41) is 5.12. The number of carbonyl (C=O) groups excluding carboxylic acids is 1. The Morgan fingerprint density at radius 2 is 1.70 bits per heavy atom. The van der Waals surface area contributed by atoms with Crippen molar-refractivity contribution in [1.29, 1.82) is 0 Å². The summed E-state index contributed by atoms with van der Waals surface area (Å²) in [5.41, 5.74) is 3.10. The van der Waals surface area contributed by atoms with E-state index < -0.39 is 0 Å². The molecule has 1 aromatic heterocycles. The average molecular weight is 376 g/mol. The highest BCUT2D eigenvalue weighted by Gasteiger charge is 2.20. The molecule has 0 atom stereocenters. The van der Waals surface area contributed by atoms with E-state index >= 15 is 0 Å². The van der Waals surface area contributed by atoms with E-state index in [0.717, 1.165) is 27.5 Å². The van der Waals surface area contributed by atoms with E-state index in [2.05, 4.69) is 5.32 Å². The molecule has 0 aliphatic rings. The molecule has 0 fully saturated rings. The van der Waals surface area contributed by atoms with Crippen molar-refractivity contribution in [2.45, 2.75) is 13.5 Å². The lowest BCUT2D eigenvalue weighted by Crippen LogP contribution is -2.22. The Labute approximate surface area is 162 Å². The molecule has 134 valence electrons. The molecule has 0 spiro atoms. The largest absolute Gasteiger partial charge is 0.450 e. The predicted octanol–water partition coefficient (Wildman–Crippen LogP) is 5.99. The number of fused-ring (bicyclic) bond motifs is 1. The van der Waals surface area contributed by atoms with Crippen LogP contribution in [-0.2, 0) is 6.54 Å². The van der Waals surface area contributed by atoms with Crippen LogP contribution in [0, 0.1) is 6.92 Å². The Hall–Kier alpha value is -3.04. The maximum Gasteiger partial charge on any atom is 0.287 e. The number of nitrogens with one attached hydrogen (secondary N) is 1. The summed E-state index contributed by atoms with van der Waals surface area (Å²) in [7, 11) is 0. The zero-order chi connectivity index (χ0) is 18.8. The molecular weight excluding hydrogens is 358 g/mol. The van der Waals surface area contributed by atoms with Gasteiger partial charge in [-0.2, -0.15) is 0 Å². The van der Waals surface area contributed by atoms with Crippen LogP contribution in [0.4, 0.5) is 0 Å². The van der Waals surface area contributed by atoms with E-state index in [9.17, 15) is 4.79 Å². The van der Waals surface area contributed by atoms with E-state index in [1.54, 1.807) is 6.07 Å². The minimum atomic E-state index is -0.246. The number of rotatable bonds is 4. The molecule has 0 bridgehead atoms. The number of amides is 1. The van der Waals surface area contributed by atoms with Crippen LogP contribution in [0.5, 0.6) is 0 Å². The van der Waals surface area contributed by atoms with E-state index in [1.807, 2.05) is 73.7 Å². The number of carbonyl (C=O) groups is 1. The molecule has 0 radical (unpaired) electrons. The van der Waals surface area contributed by atoms with Crippen LogP contribution in [0.2, 0.25) is 5.02 Å². The summed E-state index contributed by atoms with van der Waals surface area (Å²) < 4.78 is 6.03. The molecule has 0 aliphatic carbocycles.